The summed E-state index contributed by atoms with van der Waals surface area (Å²) in [6.07, 6.45) is -4.63. The van der Waals surface area contributed by atoms with Crippen LogP contribution in [0, 0.1) is 6.92 Å². The second-order valence-corrected chi connectivity index (χ2v) is 8.27. The summed E-state index contributed by atoms with van der Waals surface area (Å²) in [6, 6.07) is 14.8. The Kier molecular flexibility index (Phi) is 7.32. The quantitative estimate of drug-likeness (QED) is 0.578. The van der Waals surface area contributed by atoms with E-state index < -0.39 is 34.8 Å². The summed E-state index contributed by atoms with van der Waals surface area (Å²) in [4.78, 5) is 28.0. The molecule has 1 aromatic heterocycles. The third-order valence-corrected chi connectivity index (χ3v) is 5.81. The van der Waals surface area contributed by atoms with Crippen molar-refractivity contribution in [3.8, 4) is 5.69 Å². The molecule has 10 heteroatoms. The molecule has 1 aliphatic rings. The molecule has 184 valence electrons. The SMILES string of the molecule is Cc1cc(=O)c(C(=O)NC(CN2CCOCC2)c2ccccc2)nn1-c1ccccc1C(F)(F)F. The van der Waals surface area contributed by atoms with Crippen molar-refractivity contribution in [3.05, 3.63) is 93.4 Å². The molecule has 0 bridgehead atoms. The fraction of sp³-hybridized carbons (Fsp3) is 0.320. The van der Waals surface area contributed by atoms with E-state index in [2.05, 4.69) is 15.3 Å². The van der Waals surface area contributed by atoms with Gasteiger partial charge in [0.15, 0.2) is 5.69 Å². The lowest BCUT2D eigenvalue weighted by Crippen LogP contribution is -2.44. The predicted molar refractivity (Wildman–Crippen MR) is 123 cm³/mol. The highest BCUT2D eigenvalue weighted by Gasteiger charge is 2.34. The summed E-state index contributed by atoms with van der Waals surface area (Å²) in [5.74, 6) is -0.754. The Morgan fingerprint density at radius 2 is 1.74 bits per heavy atom. The molecule has 35 heavy (non-hydrogen) atoms. The maximum atomic E-state index is 13.6. The third kappa shape index (κ3) is 5.77. The van der Waals surface area contributed by atoms with Gasteiger partial charge >= 0.3 is 6.18 Å². The molecule has 2 aromatic carbocycles. The molecule has 1 amide bonds. The van der Waals surface area contributed by atoms with Gasteiger partial charge in [-0.2, -0.15) is 18.3 Å². The fourth-order valence-corrected chi connectivity index (χ4v) is 4.03. The molecule has 1 fully saturated rings. The number of carbonyl (C=O) groups excluding carboxylic acids is 1. The van der Waals surface area contributed by atoms with Crippen molar-refractivity contribution in [1.82, 2.24) is 20.0 Å². The zero-order chi connectivity index (χ0) is 25.0. The van der Waals surface area contributed by atoms with Crippen LogP contribution in [0.4, 0.5) is 13.2 Å². The number of benzene rings is 2. The number of carbonyl (C=O) groups is 1. The lowest BCUT2D eigenvalue weighted by atomic mass is 10.1. The summed E-state index contributed by atoms with van der Waals surface area (Å²) in [5.41, 5.74) is -1.31. The van der Waals surface area contributed by atoms with Crippen LogP contribution in [0.15, 0.2) is 65.5 Å². The van der Waals surface area contributed by atoms with Crippen LogP contribution in [0.2, 0.25) is 0 Å². The molecule has 1 saturated heterocycles. The minimum Gasteiger partial charge on any atom is -0.379 e. The first kappa shape index (κ1) is 24.6. The number of para-hydroxylation sites is 1. The molecule has 0 spiro atoms. The summed E-state index contributed by atoms with van der Waals surface area (Å²) in [6.45, 7) is 4.51. The number of aromatic nitrogens is 2. The molecular formula is C25H25F3N4O3. The Morgan fingerprint density at radius 3 is 2.43 bits per heavy atom. The second kappa shape index (κ2) is 10.4. The molecule has 0 saturated carbocycles. The molecule has 1 aliphatic heterocycles. The van der Waals surface area contributed by atoms with Crippen LogP contribution in [0.5, 0.6) is 0 Å². The van der Waals surface area contributed by atoms with Crippen LogP contribution in [-0.4, -0.2) is 53.4 Å². The van der Waals surface area contributed by atoms with Gasteiger partial charge in [-0.1, -0.05) is 42.5 Å². The van der Waals surface area contributed by atoms with E-state index in [1.807, 2.05) is 30.3 Å². The number of alkyl halides is 3. The Labute approximate surface area is 200 Å². The van der Waals surface area contributed by atoms with Gasteiger partial charge in [-0.25, -0.2) is 4.68 Å². The van der Waals surface area contributed by atoms with Crippen LogP contribution in [0.1, 0.15) is 33.4 Å². The minimum atomic E-state index is -4.63. The third-order valence-electron chi connectivity index (χ3n) is 5.81. The van der Waals surface area contributed by atoms with Crippen LogP contribution in [0.25, 0.3) is 5.69 Å². The van der Waals surface area contributed by atoms with E-state index in [1.54, 1.807) is 0 Å². The molecule has 1 N–H and O–H groups in total. The first-order valence-corrected chi connectivity index (χ1v) is 11.2. The highest BCUT2D eigenvalue weighted by atomic mass is 19.4. The standard InChI is InChI=1S/C25H25F3N4O3/c1-17-15-22(33)23(30-32(17)21-10-6-5-9-19(21)25(26,27)28)24(34)29-20(18-7-3-2-4-8-18)16-31-11-13-35-14-12-31/h2-10,15,20H,11-14,16H2,1H3,(H,29,34). The molecule has 0 radical (unpaired) electrons. The maximum absolute atomic E-state index is 13.6. The van der Waals surface area contributed by atoms with Crippen molar-refractivity contribution in [2.45, 2.75) is 19.1 Å². The van der Waals surface area contributed by atoms with Crippen molar-refractivity contribution >= 4 is 5.91 Å². The molecule has 4 rings (SSSR count). The maximum Gasteiger partial charge on any atom is 0.418 e. The van der Waals surface area contributed by atoms with Crippen molar-refractivity contribution in [2.24, 2.45) is 0 Å². The second-order valence-electron chi connectivity index (χ2n) is 8.27. The largest absolute Gasteiger partial charge is 0.418 e. The summed E-state index contributed by atoms with van der Waals surface area (Å²) < 4.78 is 47.1. The van der Waals surface area contributed by atoms with Gasteiger partial charge in [0.1, 0.15) is 0 Å². The van der Waals surface area contributed by atoms with Crippen molar-refractivity contribution in [2.75, 3.05) is 32.8 Å². The van der Waals surface area contributed by atoms with Gasteiger partial charge in [0, 0.05) is 31.4 Å². The van der Waals surface area contributed by atoms with E-state index in [-0.39, 0.29) is 11.4 Å². The molecule has 3 aromatic rings. The Balaban J connectivity index is 1.68. The van der Waals surface area contributed by atoms with Crippen LogP contribution in [-0.2, 0) is 10.9 Å². The number of aryl methyl sites for hydroxylation is 1. The number of nitrogens with zero attached hydrogens (tertiary/aromatic N) is 3. The Hall–Kier alpha value is -3.50. The zero-order valence-electron chi connectivity index (χ0n) is 19.1. The average Bonchev–Trinajstić information content (AvgIpc) is 2.84. The molecule has 2 heterocycles. The van der Waals surface area contributed by atoms with Gasteiger partial charge in [-0.15, -0.1) is 0 Å². The van der Waals surface area contributed by atoms with E-state index in [0.29, 0.717) is 32.8 Å². The zero-order valence-corrected chi connectivity index (χ0v) is 19.1. The molecular weight excluding hydrogens is 461 g/mol. The van der Waals surface area contributed by atoms with E-state index in [1.165, 1.54) is 25.1 Å². The molecule has 7 nitrogen and oxygen atoms in total. The number of amides is 1. The summed E-state index contributed by atoms with van der Waals surface area (Å²) in [7, 11) is 0. The Bertz CT molecular complexity index is 1240. The molecule has 0 aliphatic carbocycles. The number of rotatable bonds is 6. The number of ether oxygens (including phenoxy) is 1. The van der Waals surface area contributed by atoms with E-state index in [4.69, 9.17) is 4.74 Å². The highest BCUT2D eigenvalue weighted by molar-refractivity contribution is 5.92. The average molecular weight is 486 g/mol. The van der Waals surface area contributed by atoms with Crippen molar-refractivity contribution < 1.29 is 22.7 Å². The van der Waals surface area contributed by atoms with Crippen LogP contribution < -0.4 is 10.7 Å². The van der Waals surface area contributed by atoms with Crippen molar-refractivity contribution in [3.63, 3.8) is 0 Å². The number of halogens is 3. The van der Waals surface area contributed by atoms with E-state index >= 15 is 0 Å². The number of nitrogens with one attached hydrogen (secondary N) is 1. The number of morpholine rings is 1. The van der Waals surface area contributed by atoms with Gasteiger partial charge in [-0.3, -0.25) is 14.5 Å². The predicted octanol–water partition coefficient (Wildman–Crippen LogP) is 3.36. The van der Waals surface area contributed by atoms with Crippen LogP contribution >= 0.6 is 0 Å². The summed E-state index contributed by atoms with van der Waals surface area (Å²) in [5, 5.41) is 6.93. The summed E-state index contributed by atoms with van der Waals surface area (Å²) >= 11 is 0. The van der Waals surface area contributed by atoms with Crippen LogP contribution in [0.3, 0.4) is 0 Å². The normalized spacial score (nSPS) is 15.5. The monoisotopic (exact) mass is 486 g/mol. The first-order valence-electron chi connectivity index (χ1n) is 11.2. The highest BCUT2D eigenvalue weighted by Crippen LogP contribution is 2.33. The fourth-order valence-electron chi connectivity index (χ4n) is 4.03. The molecule has 1 unspecified atom stereocenters. The Morgan fingerprint density at radius 1 is 1.09 bits per heavy atom. The lowest BCUT2D eigenvalue weighted by molar-refractivity contribution is -0.137. The van der Waals surface area contributed by atoms with Gasteiger partial charge in [0.05, 0.1) is 30.5 Å². The van der Waals surface area contributed by atoms with E-state index in [9.17, 15) is 22.8 Å². The smallest absolute Gasteiger partial charge is 0.379 e. The van der Waals surface area contributed by atoms with Gasteiger partial charge in [0.2, 0.25) is 5.43 Å². The number of hydrogen-bond acceptors (Lipinski definition) is 5. The lowest BCUT2D eigenvalue weighted by Gasteiger charge is -2.31. The molecule has 1 atom stereocenters. The van der Waals surface area contributed by atoms with E-state index in [0.717, 1.165) is 22.4 Å². The van der Waals surface area contributed by atoms with Gasteiger partial charge in [-0.05, 0) is 24.6 Å². The number of hydrogen-bond donors (Lipinski definition) is 1. The topological polar surface area (TPSA) is 76.5 Å². The van der Waals surface area contributed by atoms with Gasteiger partial charge in [0.25, 0.3) is 5.91 Å². The van der Waals surface area contributed by atoms with Gasteiger partial charge < -0.3 is 10.1 Å². The van der Waals surface area contributed by atoms with Crippen molar-refractivity contribution in [1.29, 1.82) is 0 Å². The first-order chi connectivity index (χ1) is 16.7. The minimum absolute atomic E-state index is 0.177.